The predicted octanol–water partition coefficient (Wildman–Crippen LogP) is 3.12. The number of rotatable bonds is 4. The van der Waals surface area contributed by atoms with Crippen molar-refractivity contribution in [2.24, 2.45) is 0 Å². The first-order valence-electron chi connectivity index (χ1n) is 9.23. The summed E-state index contributed by atoms with van der Waals surface area (Å²) in [6.45, 7) is 4.70. The van der Waals surface area contributed by atoms with Crippen LogP contribution in [0.5, 0.6) is 0 Å². The lowest BCUT2D eigenvalue weighted by molar-refractivity contribution is -0.384. The molecular formula is C21H21N3O4. The Labute approximate surface area is 161 Å². The summed E-state index contributed by atoms with van der Waals surface area (Å²) in [7, 11) is 2.12. The molecule has 0 atom stereocenters. The molecule has 0 unspecified atom stereocenters. The van der Waals surface area contributed by atoms with E-state index in [1.54, 1.807) is 18.2 Å². The normalized spacial score (nSPS) is 15.8. The average Bonchev–Trinajstić information content (AvgIpc) is 2.70. The van der Waals surface area contributed by atoms with Gasteiger partial charge in [-0.15, -0.1) is 0 Å². The Hall–Kier alpha value is -3.03. The zero-order valence-electron chi connectivity index (χ0n) is 15.6. The maximum atomic E-state index is 12.6. The lowest BCUT2D eigenvalue weighted by Gasteiger charge is -2.32. The molecule has 0 amide bonds. The molecule has 2 heterocycles. The third kappa shape index (κ3) is 3.67. The molecule has 1 fully saturated rings. The van der Waals surface area contributed by atoms with E-state index in [0.717, 1.165) is 38.3 Å². The highest BCUT2D eigenvalue weighted by molar-refractivity contribution is 5.81. The van der Waals surface area contributed by atoms with Gasteiger partial charge in [0.2, 0.25) is 0 Å². The molecule has 7 heteroatoms. The Morgan fingerprint density at radius 3 is 2.46 bits per heavy atom. The van der Waals surface area contributed by atoms with Crippen LogP contribution in [0.1, 0.15) is 5.56 Å². The van der Waals surface area contributed by atoms with E-state index in [0.29, 0.717) is 22.3 Å². The highest BCUT2D eigenvalue weighted by Gasteiger charge is 2.17. The number of fused-ring (bicyclic) bond motifs is 1. The third-order valence-corrected chi connectivity index (χ3v) is 5.19. The number of non-ortho nitro benzene ring substituents is 1. The second-order valence-electron chi connectivity index (χ2n) is 7.15. The number of hydrogen-bond acceptors (Lipinski definition) is 6. The van der Waals surface area contributed by atoms with Crippen LogP contribution >= 0.6 is 0 Å². The van der Waals surface area contributed by atoms with Crippen molar-refractivity contribution >= 4 is 16.7 Å². The van der Waals surface area contributed by atoms with E-state index in [-0.39, 0.29) is 11.1 Å². The fraction of sp³-hybridized carbons (Fsp3) is 0.286. The molecule has 28 heavy (non-hydrogen) atoms. The van der Waals surface area contributed by atoms with Crippen LogP contribution in [0.2, 0.25) is 0 Å². The van der Waals surface area contributed by atoms with Crippen LogP contribution in [0.15, 0.2) is 57.7 Å². The zero-order chi connectivity index (χ0) is 19.7. The van der Waals surface area contributed by atoms with Gasteiger partial charge in [-0.05, 0) is 25.2 Å². The Morgan fingerprint density at radius 1 is 1.07 bits per heavy atom. The van der Waals surface area contributed by atoms with Gasteiger partial charge >= 0.3 is 0 Å². The third-order valence-electron chi connectivity index (χ3n) is 5.19. The summed E-state index contributed by atoms with van der Waals surface area (Å²) in [5.74, 6) is 0.415. The van der Waals surface area contributed by atoms with Gasteiger partial charge in [0, 0.05) is 62.0 Å². The Bertz CT molecular complexity index is 1070. The number of nitro groups is 1. The van der Waals surface area contributed by atoms with Crippen molar-refractivity contribution in [3.63, 3.8) is 0 Å². The highest BCUT2D eigenvalue weighted by atomic mass is 16.6. The van der Waals surface area contributed by atoms with Gasteiger partial charge in [0.25, 0.3) is 5.69 Å². The van der Waals surface area contributed by atoms with E-state index in [1.807, 2.05) is 12.1 Å². The fourth-order valence-electron chi connectivity index (χ4n) is 3.50. The molecule has 1 saturated heterocycles. The minimum absolute atomic E-state index is 0.00245. The van der Waals surface area contributed by atoms with Crippen molar-refractivity contribution in [2.45, 2.75) is 6.54 Å². The van der Waals surface area contributed by atoms with Gasteiger partial charge in [0.05, 0.1) is 10.3 Å². The second-order valence-corrected chi connectivity index (χ2v) is 7.15. The number of piperazine rings is 1. The van der Waals surface area contributed by atoms with Gasteiger partial charge in [-0.1, -0.05) is 12.1 Å². The number of likely N-dealkylation sites (N-methyl/N-ethyl adjacent to an activating group) is 1. The highest BCUT2D eigenvalue weighted by Crippen LogP contribution is 2.26. The Kier molecular flexibility index (Phi) is 4.93. The summed E-state index contributed by atoms with van der Waals surface area (Å²) < 4.78 is 6.12. The molecule has 0 saturated carbocycles. The predicted molar refractivity (Wildman–Crippen MR) is 107 cm³/mol. The summed E-state index contributed by atoms with van der Waals surface area (Å²) in [6.07, 6.45) is 0. The summed E-state index contributed by atoms with van der Waals surface area (Å²) in [5, 5.41) is 11.4. The molecule has 2 aromatic carbocycles. The molecule has 0 radical (unpaired) electrons. The Morgan fingerprint density at radius 2 is 1.79 bits per heavy atom. The topological polar surface area (TPSA) is 79.8 Å². The maximum Gasteiger partial charge on any atom is 0.269 e. The second kappa shape index (κ2) is 7.53. The first-order chi connectivity index (χ1) is 13.5. The summed E-state index contributed by atoms with van der Waals surface area (Å²) in [4.78, 5) is 27.7. The van der Waals surface area contributed by atoms with Crippen LogP contribution < -0.4 is 5.43 Å². The molecule has 1 aliphatic heterocycles. The summed E-state index contributed by atoms with van der Waals surface area (Å²) >= 11 is 0. The molecule has 3 aromatic rings. The minimum Gasteiger partial charge on any atom is -0.455 e. The summed E-state index contributed by atoms with van der Waals surface area (Å²) in [6, 6.07) is 13.1. The fourth-order valence-corrected chi connectivity index (χ4v) is 3.50. The largest absolute Gasteiger partial charge is 0.455 e. The van der Waals surface area contributed by atoms with Crippen LogP contribution in [-0.4, -0.2) is 47.9 Å². The smallest absolute Gasteiger partial charge is 0.269 e. The quantitative estimate of drug-likeness (QED) is 0.512. The SMILES string of the molecule is CN1CCN(Cc2cccc3c(=O)cc(-c4ccc([N+](=O)[O-])cc4)oc23)CC1. The van der Waals surface area contributed by atoms with E-state index in [4.69, 9.17) is 4.42 Å². The Balaban J connectivity index is 1.72. The molecule has 0 N–H and O–H groups in total. The summed E-state index contributed by atoms with van der Waals surface area (Å²) in [5.41, 5.74) is 2.08. The van der Waals surface area contributed by atoms with Crippen LogP contribution in [0.4, 0.5) is 5.69 Å². The van der Waals surface area contributed by atoms with Gasteiger partial charge in [-0.3, -0.25) is 19.8 Å². The van der Waals surface area contributed by atoms with Gasteiger partial charge in [-0.25, -0.2) is 0 Å². The lowest BCUT2D eigenvalue weighted by Crippen LogP contribution is -2.43. The van der Waals surface area contributed by atoms with E-state index in [1.165, 1.54) is 18.2 Å². The van der Waals surface area contributed by atoms with Crippen molar-refractivity contribution in [1.82, 2.24) is 9.80 Å². The molecule has 4 rings (SSSR count). The maximum absolute atomic E-state index is 12.6. The van der Waals surface area contributed by atoms with Gasteiger partial charge in [0.15, 0.2) is 5.43 Å². The van der Waals surface area contributed by atoms with E-state index >= 15 is 0 Å². The van der Waals surface area contributed by atoms with Crippen LogP contribution in [-0.2, 0) is 6.54 Å². The zero-order valence-corrected chi connectivity index (χ0v) is 15.6. The van der Waals surface area contributed by atoms with Gasteiger partial charge in [0.1, 0.15) is 11.3 Å². The average molecular weight is 379 g/mol. The first-order valence-corrected chi connectivity index (χ1v) is 9.23. The van der Waals surface area contributed by atoms with Crippen LogP contribution in [0.25, 0.3) is 22.3 Å². The molecule has 0 spiro atoms. The lowest BCUT2D eigenvalue weighted by atomic mass is 10.1. The van der Waals surface area contributed by atoms with Crippen LogP contribution in [0, 0.1) is 10.1 Å². The number of hydrogen-bond donors (Lipinski definition) is 0. The first kappa shape index (κ1) is 18.3. The molecule has 0 bridgehead atoms. The van der Waals surface area contributed by atoms with Gasteiger partial charge in [-0.2, -0.15) is 0 Å². The van der Waals surface area contributed by atoms with Crippen molar-refractivity contribution < 1.29 is 9.34 Å². The van der Waals surface area contributed by atoms with Crippen molar-refractivity contribution in [2.75, 3.05) is 33.2 Å². The minimum atomic E-state index is -0.450. The number of nitro benzene ring substituents is 1. The number of benzene rings is 2. The molecule has 1 aromatic heterocycles. The van der Waals surface area contributed by atoms with Crippen molar-refractivity contribution in [3.05, 3.63) is 74.4 Å². The van der Waals surface area contributed by atoms with Gasteiger partial charge < -0.3 is 9.32 Å². The monoisotopic (exact) mass is 379 g/mol. The molecule has 7 nitrogen and oxygen atoms in total. The number of nitrogens with zero attached hydrogens (tertiary/aromatic N) is 3. The van der Waals surface area contributed by atoms with E-state index in [9.17, 15) is 14.9 Å². The van der Waals surface area contributed by atoms with E-state index in [2.05, 4.69) is 16.8 Å². The molecule has 0 aliphatic carbocycles. The van der Waals surface area contributed by atoms with Crippen molar-refractivity contribution in [3.8, 4) is 11.3 Å². The van der Waals surface area contributed by atoms with Crippen molar-refractivity contribution in [1.29, 1.82) is 0 Å². The van der Waals surface area contributed by atoms with E-state index < -0.39 is 4.92 Å². The standard InChI is InChI=1S/C21H21N3O4/c1-22-9-11-23(12-10-22)14-16-3-2-4-18-19(25)13-20(28-21(16)18)15-5-7-17(8-6-15)24(26)27/h2-8,13H,9-12,14H2,1H3. The van der Waals surface area contributed by atoms with Crippen LogP contribution in [0.3, 0.4) is 0 Å². The molecule has 1 aliphatic rings. The molecular weight excluding hydrogens is 358 g/mol. The number of para-hydroxylation sites is 1. The molecule has 144 valence electrons.